The van der Waals surface area contributed by atoms with E-state index in [1.54, 1.807) is 42.6 Å². The van der Waals surface area contributed by atoms with Crippen LogP contribution in [0.2, 0.25) is 0 Å². The third-order valence-corrected chi connectivity index (χ3v) is 6.66. The monoisotopic (exact) mass is 526 g/mol. The van der Waals surface area contributed by atoms with Gasteiger partial charge in [-0.05, 0) is 72.6 Å². The maximum atomic E-state index is 13.4. The Balaban J connectivity index is 1.26. The number of carbonyl (C=O) groups excluding carboxylic acids is 1. The zero-order valence-electron chi connectivity index (χ0n) is 22.0. The van der Waals surface area contributed by atoms with Crippen molar-refractivity contribution in [1.29, 1.82) is 0 Å². The van der Waals surface area contributed by atoms with Crippen LogP contribution in [0.5, 0.6) is 5.75 Å². The minimum atomic E-state index is -0.327. The summed E-state index contributed by atoms with van der Waals surface area (Å²) in [5.41, 5.74) is 5.51. The third kappa shape index (κ3) is 6.57. The molecule has 0 saturated carbocycles. The molecular weight excluding hydrogens is 495 g/mol. The summed E-state index contributed by atoms with van der Waals surface area (Å²) in [4.78, 5) is 24.3. The van der Waals surface area contributed by atoms with Crippen molar-refractivity contribution in [3.8, 4) is 17.0 Å². The smallest absolute Gasteiger partial charge is 0.255 e. The van der Waals surface area contributed by atoms with Crippen LogP contribution in [0.4, 0.5) is 21.7 Å². The highest BCUT2D eigenvalue weighted by atomic mass is 19.1. The Hall–Kier alpha value is -4.34. The van der Waals surface area contributed by atoms with Crippen LogP contribution in [-0.4, -0.2) is 54.1 Å². The second-order valence-corrected chi connectivity index (χ2v) is 9.45. The fraction of sp³-hybridized carbons (Fsp3) is 0.233. The number of benzene rings is 3. The van der Waals surface area contributed by atoms with Crippen LogP contribution in [0.15, 0.2) is 72.9 Å². The quantitative estimate of drug-likeness (QED) is 0.298. The largest absolute Gasteiger partial charge is 0.493 e. The molecule has 1 aliphatic heterocycles. The van der Waals surface area contributed by atoms with Gasteiger partial charge in [0.1, 0.15) is 11.5 Å². The van der Waals surface area contributed by atoms with Gasteiger partial charge in [-0.1, -0.05) is 12.1 Å². The van der Waals surface area contributed by atoms with Crippen molar-refractivity contribution in [3.05, 3.63) is 95.4 Å². The summed E-state index contributed by atoms with van der Waals surface area (Å²) in [5, 5.41) is 9.59. The molecule has 0 spiro atoms. The van der Waals surface area contributed by atoms with Gasteiger partial charge in [-0.2, -0.15) is 0 Å². The van der Waals surface area contributed by atoms with Crippen molar-refractivity contribution in [3.63, 3.8) is 0 Å². The van der Waals surface area contributed by atoms with Gasteiger partial charge in [0.2, 0.25) is 5.95 Å². The summed E-state index contributed by atoms with van der Waals surface area (Å²) in [6.45, 7) is 6.89. The number of hydrogen-bond acceptors (Lipinski definition) is 7. The topological polar surface area (TPSA) is 91.4 Å². The first-order valence-corrected chi connectivity index (χ1v) is 12.9. The predicted molar refractivity (Wildman–Crippen MR) is 151 cm³/mol. The number of ether oxygens (including phenoxy) is 1. The third-order valence-electron chi connectivity index (χ3n) is 6.66. The van der Waals surface area contributed by atoms with Gasteiger partial charge in [-0.3, -0.25) is 9.69 Å². The van der Waals surface area contributed by atoms with Crippen molar-refractivity contribution in [2.45, 2.75) is 13.5 Å². The zero-order valence-corrected chi connectivity index (χ0v) is 22.0. The van der Waals surface area contributed by atoms with Gasteiger partial charge in [0.15, 0.2) is 5.75 Å². The molecule has 1 amide bonds. The summed E-state index contributed by atoms with van der Waals surface area (Å²) < 4.78 is 18.8. The Morgan fingerprint density at radius 3 is 2.51 bits per heavy atom. The van der Waals surface area contributed by atoms with Crippen LogP contribution >= 0.6 is 0 Å². The number of nitrogens with one attached hydrogen (secondary N) is 3. The number of hydrogen-bond donors (Lipinski definition) is 3. The van der Waals surface area contributed by atoms with E-state index in [0.29, 0.717) is 28.5 Å². The molecule has 1 saturated heterocycles. The van der Waals surface area contributed by atoms with E-state index in [-0.39, 0.29) is 11.7 Å². The molecule has 9 heteroatoms. The molecule has 0 atom stereocenters. The molecule has 0 unspecified atom stereocenters. The van der Waals surface area contributed by atoms with Gasteiger partial charge in [0, 0.05) is 55.2 Å². The molecule has 39 heavy (non-hydrogen) atoms. The van der Waals surface area contributed by atoms with E-state index in [1.165, 1.54) is 24.8 Å². The maximum absolute atomic E-state index is 13.4. The lowest BCUT2D eigenvalue weighted by molar-refractivity contribution is 0.102. The molecule has 0 aliphatic carbocycles. The van der Waals surface area contributed by atoms with Gasteiger partial charge >= 0.3 is 0 Å². The van der Waals surface area contributed by atoms with Crippen LogP contribution < -0.4 is 20.7 Å². The molecule has 1 fully saturated rings. The molecule has 0 bridgehead atoms. The van der Waals surface area contributed by atoms with Gasteiger partial charge < -0.3 is 20.7 Å². The van der Waals surface area contributed by atoms with E-state index in [9.17, 15) is 9.18 Å². The molecule has 4 aromatic rings. The molecule has 200 valence electrons. The second kappa shape index (κ2) is 12.0. The van der Waals surface area contributed by atoms with Crippen LogP contribution in [-0.2, 0) is 6.54 Å². The number of methoxy groups -OCH3 is 1. The van der Waals surface area contributed by atoms with Crippen LogP contribution in [0.25, 0.3) is 11.3 Å². The number of rotatable bonds is 8. The summed E-state index contributed by atoms with van der Waals surface area (Å²) in [7, 11) is 1.53. The number of aryl methyl sites for hydroxylation is 1. The maximum Gasteiger partial charge on any atom is 0.255 e. The lowest BCUT2D eigenvalue weighted by Crippen LogP contribution is -2.42. The first-order valence-electron chi connectivity index (χ1n) is 12.9. The number of amides is 1. The molecule has 8 nitrogen and oxygen atoms in total. The average Bonchev–Trinajstić information content (AvgIpc) is 2.96. The summed E-state index contributed by atoms with van der Waals surface area (Å²) in [5.74, 6) is 0.325. The van der Waals surface area contributed by atoms with Gasteiger partial charge in [-0.15, -0.1) is 0 Å². The predicted octanol–water partition coefficient (Wildman–Crippen LogP) is 5.00. The van der Waals surface area contributed by atoms with Crippen molar-refractivity contribution < 1.29 is 13.9 Å². The lowest BCUT2D eigenvalue weighted by Gasteiger charge is -2.27. The van der Waals surface area contributed by atoms with Crippen molar-refractivity contribution in [1.82, 2.24) is 20.2 Å². The highest BCUT2D eigenvalue weighted by Gasteiger charge is 2.14. The van der Waals surface area contributed by atoms with Crippen molar-refractivity contribution in [2.24, 2.45) is 0 Å². The average molecular weight is 527 g/mol. The first-order chi connectivity index (χ1) is 19.0. The van der Waals surface area contributed by atoms with Crippen LogP contribution in [0.1, 0.15) is 21.5 Å². The number of nitrogens with zero attached hydrogens (tertiary/aromatic N) is 3. The van der Waals surface area contributed by atoms with Crippen molar-refractivity contribution >= 4 is 23.2 Å². The Morgan fingerprint density at radius 1 is 1.05 bits per heavy atom. The van der Waals surface area contributed by atoms with E-state index in [2.05, 4.69) is 49.0 Å². The lowest BCUT2D eigenvalue weighted by atomic mass is 10.1. The minimum Gasteiger partial charge on any atom is -0.493 e. The molecule has 2 heterocycles. The standard InChI is InChI=1S/C30H31FN6O2/c1-20-3-4-21(19-37-15-13-32-14-16-37)17-26(20)35-29(38)23-7-11-25(12-8-23)34-30-33-18-27(39-2)28(36-30)22-5-9-24(31)10-6-22/h3-12,17-18,32H,13-16,19H2,1-2H3,(H,35,38)(H,33,34,36). The number of piperazine rings is 1. The minimum absolute atomic E-state index is 0.178. The SMILES string of the molecule is COc1cnc(Nc2ccc(C(=O)Nc3cc(CN4CCNCC4)ccc3C)cc2)nc1-c1ccc(F)cc1. The fourth-order valence-corrected chi connectivity index (χ4v) is 4.45. The normalized spacial score (nSPS) is 13.6. The number of carbonyl (C=O) groups is 1. The van der Waals surface area contributed by atoms with Crippen molar-refractivity contribution in [2.75, 3.05) is 43.9 Å². The molecule has 5 rings (SSSR count). The van der Waals surface area contributed by atoms with Crippen LogP contribution in [0.3, 0.4) is 0 Å². The molecular formula is C30H31FN6O2. The zero-order chi connectivity index (χ0) is 27.2. The summed E-state index contributed by atoms with van der Waals surface area (Å²) >= 11 is 0. The Kier molecular flexibility index (Phi) is 8.10. The van der Waals surface area contributed by atoms with Gasteiger partial charge in [0.25, 0.3) is 5.91 Å². The molecule has 3 aromatic carbocycles. The Labute approximate surface area is 227 Å². The Morgan fingerprint density at radius 2 is 1.79 bits per heavy atom. The first kappa shape index (κ1) is 26.3. The van der Waals surface area contributed by atoms with E-state index in [4.69, 9.17) is 4.74 Å². The summed E-state index contributed by atoms with van der Waals surface area (Å²) in [6, 6.07) is 19.4. The molecule has 1 aromatic heterocycles. The van der Waals surface area contributed by atoms with E-state index in [0.717, 1.165) is 49.7 Å². The fourth-order valence-electron chi connectivity index (χ4n) is 4.45. The number of anilines is 3. The number of aromatic nitrogens is 2. The van der Waals surface area contributed by atoms with E-state index >= 15 is 0 Å². The van der Waals surface area contributed by atoms with Gasteiger partial charge in [0.05, 0.1) is 13.3 Å². The van der Waals surface area contributed by atoms with E-state index in [1.807, 2.05) is 6.92 Å². The molecule has 1 aliphatic rings. The Bertz CT molecular complexity index is 1440. The van der Waals surface area contributed by atoms with E-state index < -0.39 is 0 Å². The highest BCUT2D eigenvalue weighted by molar-refractivity contribution is 6.04. The summed E-state index contributed by atoms with van der Waals surface area (Å²) in [6.07, 6.45) is 1.56. The van der Waals surface area contributed by atoms with Gasteiger partial charge in [-0.25, -0.2) is 14.4 Å². The van der Waals surface area contributed by atoms with Crippen LogP contribution in [0, 0.1) is 12.7 Å². The second-order valence-electron chi connectivity index (χ2n) is 9.45. The molecule has 3 N–H and O–H groups in total. The molecule has 0 radical (unpaired) electrons. The highest BCUT2D eigenvalue weighted by Crippen LogP contribution is 2.29. The number of halogens is 1.